The van der Waals surface area contributed by atoms with Gasteiger partial charge in [0, 0.05) is 19.1 Å². The quantitative estimate of drug-likeness (QED) is 0.671. The van der Waals surface area contributed by atoms with Crippen molar-refractivity contribution in [3.05, 3.63) is 35.9 Å². The maximum Gasteiger partial charge on any atom is 0.236 e. The van der Waals surface area contributed by atoms with Crippen molar-refractivity contribution >= 4 is 5.91 Å². The zero-order chi connectivity index (χ0) is 15.0. The second-order valence-corrected chi connectivity index (χ2v) is 5.72. The third kappa shape index (κ3) is 6.68. The van der Waals surface area contributed by atoms with Crippen molar-refractivity contribution < 1.29 is 4.79 Å². The number of carbonyl (C=O) groups excluding carboxylic acids is 1. The van der Waals surface area contributed by atoms with Crippen molar-refractivity contribution in [1.82, 2.24) is 10.6 Å². The molecule has 0 fully saturated rings. The lowest BCUT2D eigenvalue weighted by Crippen LogP contribution is -2.47. The summed E-state index contributed by atoms with van der Waals surface area (Å²) in [7, 11) is 0. The molecule has 0 aliphatic rings. The molecule has 20 heavy (non-hydrogen) atoms. The highest BCUT2D eigenvalue weighted by Gasteiger charge is 2.13. The predicted octanol–water partition coefficient (Wildman–Crippen LogP) is 1.31. The lowest BCUT2D eigenvalue weighted by atomic mass is 10.1. The zero-order valence-corrected chi connectivity index (χ0v) is 12.7. The third-order valence-corrected chi connectivity index (χ3v) is 3.10. The average Bonchev–Trinajstić information content (AvgIpc) is 2.43. The molecule has 4 nitrogen and oxygen atoms in total. The van der Waals surface area contributed by atoms with Crippen LogP contribution in [0.15, 0.2) is 30.3 Å². The Hall–Kier alpha value is -1.39. The van der Waals surface area contributed by atoms with Gasteiger partial charge >= 0.3 is 0 Å². The molecule has 1 aromatic rings. The van der Waals surface area contributed by atoms with Crippen LogP contribution in [0.4, 0.5) is 0 Å². The Morgan fingerprint density at radius 2 is 1.80 bits per heavy atom. The monoisotopic (exact) mass is 277 g/mol. The van der Waals surface area contributed by atoms with Gasteiger partial charge in [0.1, 0.15) is 0 Å². The molecule has 1 amide bonds. The highest BCUT2D eigenvalue weighted by atomic mass is 16.2. The van der Waals surface area contributed by atoms with Crippen LogP contribution in [0.5, 0.6) is 0 Å². The molecule has 1 aromatic carbocycles. The smallest absolute Gasteiger partial charge is 0.236 e. The summed E-state index contributed by atoms with van der Waals surface area (Å²) >= 11 is 0. The number of rotatable bonds is 8. The van der Waals surface area contributed by atoms with Crippen LogP contribution in [0.25, 0.3) is 0 Å². The maximum absolute atomic E-state index is 11.8. The molecule has 4 N–H and O–H groups in total. The second-order valence-electron chi connectivity index (χ2n) is 5.72. The van der Waals surface area contributed by atoms with Gasteiger partial charge in [-0.05, 0) is 24.8 Å². The summed E-state index contributed by atoms with van der Waals surface area (Å²) in [6.07, 6.45) is 0.814. The van der Waals surface area contributed by atoms with Crippen molar-refractivity contribution in [3.8, 4) is 0 Å². The van der Waals surface area contributed by atoms with Crippen LogP contribution in [0, 0.1) is 5.92 Å². The molecule has 0 aliphatic carbocycles. The molecule has 4 heteroatoms. The number of amides is 1. The average molecular weight is 277 g/mol. The van der Waals surface area contributed by atoms with E-state index in [0.717, 1.165) is 6.42 Å². The first kappa shape index (κ1) is 16.7. The van der Waals surface area contributed by atoms with Crippen molar-refractivity contribution in [2.24, 2.45) is 11.7 Å². The first-order valence-electron chi connectivity index (χ1n) is 7.29. The van der Waals surface area contributed by atoms with Crippen molar-refractivity contribution in [3.63, 3.8) is 0 Å². The fourth-order valence-corrected chi connectivity index (χ4v) is 1.87. The minimum atomic E-state index is -0.212. The SMILES string of the molecule is CC(C)CNC(=O)C(C)NC[C@@H](N)Cc1ccccc1. The van der Waals surface area contributed by atoms with Gasteiger partial charge in [-0.3, -0.25) is 4.79 Å². The van der Waals surface area contributed by atoms with E-state index in [4.69, 9.17) is 5.73 Å². The van der Waals surface area contributed by atoms with Gasteiger partial charge in [-0.15, -0.1) is 0 Å². The molecular formula is C16H27N3O. The molecule has 2 atom stereocenters. The summed E-state index contributed by atoms with van der Waals surface area (Å²) in [6.45, 7) is 7.36. The van der Waals surface area contributed by atoms with Gasteiger partial charge in [0.05, 0.1) is 6.04 Å². The molecule has 1 unspecified atom stereocenters. The largest absolute Gasteiger partial charge is 0.354 e. The maximum atomic E-state index is 11.8. The third-order valence-electron chi connectivity index (χ3n) is 3.10. The molecular weight excluding hydrogens is 250 g/mol. The van der Waals surface area contributed by atoms with E-state index in [9.17, 15) is 4.79 Å². The van der Waals surface area contributed by atoms with Gasteiger partial charge in [-0.2, -0.15) is 0 Å². The lowest BCUT2D eigenvalue weighted by Gasteiger charge is -2.18. The summed E-state index contributed by atoms with van der Waals surface area (Å²) in [5.74, 6) is 0.497. The normalized spacial score (nSPS) is 14.1. The molecule has 0 saturated carbocycles. The standard InChI is InChI=1S/C16H27N3O/c1-12(2)10-19-16(20)13(3)18-11-15(17)9-14-7-5-4-6-8-14/h4-8,12-13,15,18H,9-11,17H2,1-3H3,(H,19,20)/t13?,15-/m0/s1. The predicted molar refractivity (Wildman–Crippen MR) is 83.4 cm³/mol. The molecule has 112 valence electrons. The molecule has 0 radical (unpaired) electrons. The lowest BCUT2D eigenvalue weighted by molar-refractivity contribution is -0.122. The number of hydrogen-bond acceptors (Lipinski definition) is 3. The van der Waals surface area contributed by atoms with Gasteiger partial charge in [0.2, 0.25) is 5.91 Å². The van der Waals surface area contributed by atoms with Gasteiger partial charge < -0.3 is 16.4 Å². The molecule has 0 saturated heterocycles. The topological polar surface area (TPSA) is 67.2 Å². The van der Waals surface area contributed by atoms with Crippen molar-refractivity contribution in [2.45, 2.75) is 39.3 Å². The summed E-state index contributed by atoms with van der Waals surface area (Å²) in [5.41, 5.74) is 7.30. The van der Waals surface area contributed by atoms with E-state index in [0.29, 0.717) is 19.0 Å². The summed E-state index contributed by atoms with van der Waals surface area (Å²) in [6, 6.07) is 9.95. The van der Waals surface area contributed by atoms with Crippen LogP contribution >= 0.6 is 0 Å². The van der Waals surface area contributed by atoms with Crippen LogP contribution < -0.4 is 16.4 Å². The van der Waals surface area contributed by atoms with E-state index in [1.807, 2.05) is 25.1 Å². The Morgan fingerprint density at radius 1 is 1.15 bits per heavy atom. The highest BCUT2D eigenvalue weighted by Crippen LogP contribution is 2.01. The van der Waals surface area contributed by atoms with E-state index in [1.165, 1.54) is 5.56 Å². The first-order chi connectivity index (χ1) is 9.49. The van der Waals surface area contributed by atoms with Crippen LogP contribution in [0.2, 0.25) is 0 Å². The molecule has 1 rings (SSSR count). The summed E-state index contributed by atoms with van der Waals surface area (Å²) < 4.78 is 0. The number of carbonyl (C=O) groups is 1. The van der Waals surface area contributed by atoms with E-state index in [-0.39, 0.29) is 18.0 Å². The van der Waals surface area contributed by atoms with Gasteiger partial charge in [-0.1, -0.05) is 44.2 Å². The van der Waals surface area contributed by atoms with Crippen molar-refractivity contribution in [2.75, 3.05) is 13.1 Å². The minimum absolute atomic E-state index is 0.0118. The molecule has 0 aliphatic heterocycles. The van der Waals surface area contributed by atoms with E-state index >= 15 is 0 Å². The molecule has 0 heterocycles. The van der Waals surface area contributed by atoms with Gasteiger partial charge in [0.25, 0.3) is 0 Å². The van der Waals surface area contributed by atoms with E-state index in [1.54, 1.807) is 0 Å². The summed E-state index contributed by atoms with van der Waals surface area (Å²) in [5, 5.41) is 6.10. The van der Waals surface area contributed by atoms with Gasteiger partial charge in [-0.25, -0.2) is 0 Å². The Kier molecular flexibility index (Phi) is 7.26. The van der Waals surface area contributed by atoms with E-state index in [2.05, 4.69) is 36.6 Å². The molecule has 0 aromatic heterocycles. The Balaban J connectivity index is 2.26. The van der Waals surface area contributed by atoms with Crippen LogP contribution in [-0.2, 0) is 11.2 Å². The number of nitrogens with two attached hydrogens (primary N) is 1. The molecule has 0 spiro atoms. The fraction of sp³-hybridized carbons (Fsp3) is 0.562. The van der Waals surface area contributed by atoms with E-state index < -0.39 is 0 Å². The minimum Gasteiger partial charge on any atom is -0.354 e. The fourth-order valence-electron chi connectivity index (χ4n) is 1.87. The number of nitrogens with one attached hydrogen (secondary N) is 2. The van der Waals surface area contributed by atoms with Crippen LogP contribution in [-0.4, -0.2) is 31.1 Å². The second kappa shape index (κ2) is 8.72. The Labute approximate surface area is 122 Å². The first-order valence-corrected chi connectivity index (χ1v) is 7.29. The van der Waals surface area contributed by atoms with Crippen LogP contribution in [0.3, 0.4) is 0 Å². The number of hydrogen-bond donors (Lipinski definition) is 3. The highest BCUT2D eigenvalue weighted by molar-refractivity contribution is 5.81. The molecule has 0 bridgehead atoms. The van der Waals surface area contributed by atoms with Crippen LogP contribution in [0.1, 0.15) is 26.3 Å². The summed E-state index contributed by atoms with van der Waals surface area (Å²) in [4.78, 5) is 11.8. The van der Waals surface area contributed by atoms with Crippen molar-refractivity contribution in [1.29, 1.82) is 0 Å². The Bertz CT molecular complexity index is 392. The Morgan fingerprint density at radius 3 is 2.40 bits per heavy atom. The number of benzene rings is 1. The van der Waals surface area contributed by atoms with Gasteiger partial charge in [0.15, 0.2) is 0 Å². The zero-order valence-electron chi connectivity index (χ0n) is 12.7.